The first-order chi connectivity index (χ1) is 11.9. The number of nitrogens with two attached hydrogens (primary N) is 1. The SMILES string of the molecule is COc1cc(C#N)ccc1S(=O)(=O)N1CCCC(C(=O)NCCN)C1.Cl. The van der Waals surface area contributed by atoms with Gasteiger partial charge in [0.2, 0.25) is 15.9 Å². The number of nitrogens with one attached hydrogen (secondary N) is 1. The van der Waals surface area contributed by atoms with Crippen molar-refractivity contribution >= 4 is 28.3 Å². The van der Waals surface area contributed by atoms with E-state index >= 15 is 0 Å². The van der Waals surface area contributed by atoms with Crippen molar-refractivity contribution in [2.45, 2.75) is 17.7 Å². The summed E-state index contributed by atoms with van der Waals surface area (Å²) in [4.78, 5) is 12.1. The fourth-order valence-electron chi connectivity index (χ4n) is 2.80. The van der Waals surface area contributed by atoms with Crippen molar-refractivity contribution in [3.05, 3.63) is 23.8 Å². The standard InChI is InChI=1S/C16H22N4O4S.ClH/c1-24-14-9-12(10-18)4-5-15(14)25(22,23)20-8-2-3-13(11-20)16(21)19-7-6-17;/h4-5,9,13H,2-3,6-8,11,17H2,1H3,(H,19,21);1H. The van der Waals surface area contributed by atoms with E-state index in [0.717, 1.165) is 0 Å². The Morgan fingerprint density at radius 3 is 2.85 bits per heavy atom. The summed E-state index contributed by atoms with van der Waals surface area (Å²) >= 11 is 0. The molecule has 1 amide bonds. The van der Waals surface area contributed by atoms with Gasteiger partial charge < -0.3 is 15.8 Å². The van der Waals surface area contributed by atoms with Gasteiger partial charge in [-0.1, -0.05) is 0 Å². The molecule has 0 radical (unpaired) electrons. The first kappa shape index (κ1) is 22.2. The fourth-order valence-corrected chi connectivity index (χ4v) is 4.46. The van der Waals surface area contributed by atoms with Crippen molar-refractivity contribution in [1.82, 2.24) is 9.62 Å². The number of piperidine rings is 1. The van der Waals surface area contributed by atoms with Crippen LogP contribution < -0.4 is 15.8 Å². The molecule has 3 N–H and O–H groups in total. The second-order valence-corrected chi connectivity index (χ2v) is 7.67. The van der Waals surface area contributed by atoms with Gasteiger partial charge in [-0.05, 0) is 31.0 Å². The van der Waals surface area contributed by atoms with Gasteiger partial charge in [-0.3, -0.25) is 4.79 Å². The van der Waals surface area contributed by atoms with E-state index in [0.29, 0.717) is 38.0 Å². The van der Waals surface area contributed by atoms with E-state index in [1.54, 1.807) is 0 Å². The number of carbonyl (C=O) groups is 1. The van der Waals surface area contributed by atoms with Crippen molar-refractivity contribution in [3.8, 4) is 11.8 Å². The summed E-state index contributed by atoms with van der Waals surface area (Å²) in [6, 6.07) is 6.14. The van der Waals surface area contributed by atoms with E-state index in [9.17, 15) is 13.2 Å². The smallest absolute Gasteiger partial charge is 0.246 e. The molecular formula is C16H23ClN4O4S. The second kappa shape index (κ2) is 9.73. The Morgan fingerprint density at radius 1 is 1.50 bits per heavy atom. The molecule has 0 spiro atoms. The van der Waals surface area contributed by atoms with Gasteiger partial charge in [0, 0.05) is 26.2 Å². The molecule has 1 unspecified atom stereocenters. The average molecular weight is 403 g/mol. The summed E-state index contributed by atoms with van der Waals surface area (Å²) < 4.78 is 32.4. The van der Waals surface area contributed by atoms with Crippen LogP contribution in [0.3, 0.4) is 0 Å². The van der Waals surface area contributed by atoms with Crippen molar-refractivity contribution < 1.29 is 17.9 Å². The predicted molar refractivity (Wildman–Crippen MR) is 98.5 cm³/mol. The number of hydrogen-bond donors (Lipinski definition) is 2. The molecule has 0 aliphatic carbocycles. The third kappa shape index (κ3) is 4.86. The lowest BCUT2D eigenvalue weighted by atomic mass is 9.99. The lowest BCUT2D eigenvalue weighted by Crippen LogP contribution is -2.46. The van der Waals surface area contributed by atoms with Gasteiger partial charge in [0.15, 0.2) is 0 Å². The zero-order chi connectivity index (χ0) is 18.4. The molecule has 10 heteroatoms. The highest BCUT2D eigenvalue weighted by atomic mass is 35.5. The molecule has 1 heterocycles. The molecule has 26 heavy (non-hydrogen) atoms. The molecule has 1 saturated heterocycles. The van der Waals surface area contributed by atoms with E-state index < -0.39 is 15.9 Å². The molecule has 1 atom stereocenters. The van der Waals surface area contributed by atoms with Crippen molar-refractivity contribution in [2.24, 2.45) is 11.7 Å². The van der Waals surface area contributed by atoms with Crippen molar-refractivity contribution in [2.75, 3.05) is 33.3 Å². The van der Waals surface area contributed by atoms with Crippen LogP contribution in [0.15, 0.2) is 23.1 Å². The number of carbonyl (C=O) groups excluding carboxylic acids is 1. The van der Waals surface area contributed by atoms with Crippen LogP contribution in [0.1, 0.15) is 18.4 Å². The summed E-state index contributed by atoms with van der Waals surface area (Å²) in [6.07, 6.45) is 1.23. The number of ether oxygens (including phenoxy) is 1. The summed E-state index contributed by atoms with van der Waals surface area (Å²) in [6.45, 7) is 1.16. The maximum absolute atomic E-state index is 13.0. The third-order valence-electron chi connectivity index (χ3n) is 4.11. The number of halogens is 1. The minimum atomic E-state index is -3.82. The van der Waals surface area contributed by atoms with Gasteiger partial charge in [-0.15, -0.1) is 12.4 Å². The molecular weight excluding hydrogens is 380 g/mol. The molecule has 1 aromatic carbocycles. The molecule has 2 rings (SSSR count). The Hall–Kier alpha value is -1.86. The number of nitrogens with zero attached hydrogens (tertiary/aromatic N) is 2. The molecule has 144 valence electrons. The maximum atomic E-state index is 13.0. The average Bonchev–Trinajstić information content (AvgIpc) is 2.65. The van der Waals surface area contributed by atoms with Gasteiger partial charge in [0.1, 0.15) is 10.6 Å². The largest absolute Gasteiger partial charge is 0.495 e. The van der Waals surface area contributed by atoms with Crippen molar-refractivity contribution in [3.63, 3.8) is 0 Å². The van der Waals surface area contributed by atoms with E-state index in [1.807, 2.05) is 6.07 Å². The Balaban J connectivity index is 0.00000338. The molecule has 0 bridgehead atoms. The number of methoxy groups -OCH3 is 1. The molecule has 1 aliphatic heterocycles. The minimum absolute atomic E-state index is 0. The molecule has 1 aromatic rings. The van der Waals surface area contributed by atoms with Crippen LogP contribution in [-0.4, -0.2) is 51.9 Å². The van der Waals surface area contributed by atoms with Crippen molar-refractivity contribution in [1.29, 1.82) is 5.26 Å². The van der Waals surface area contributed by atoms with Crippen LogP contribution in [0.25, 0.3) is 0 Å². The normalized spacial score (nSPS) is 17.7. The van der Waals surface area contributed by atoms with Gasteiger partial charge in [0.25, 0.3) is 0 Å². The molecule has 0 aromatic heterocycles. The van der Waals surface area contributed by atoms with Gasteiger partial charge in [-0.25, -0.2) is 8.42 Å². The van der Waals surface area contributed by atoms with Crippen LogP contribution in [-0.2, 0) is 14.8 Å². The number of benzene rings is 1. The third-order valence-corrected chi connectivity index (χ3v) is 6.01. The lowest BCUT2D eigenvalue weighted by Gasteiger charge is -2.31. The van der Waals surface area contributed by atoms with E-state index in [2.05, 4.69) is 5.32 Å². The van der Waals surface area contributed by atoms with Gasteiger partial charge in [-0.2, -0.15) is 9.57 Å². The Labute approximate surface area is 159 Å². The van der Waals surface area contributed by atoms with Crippen LogP contribution in [0, 0.1) is 17.2 Å². The Kier molecular flexibility index (Phi) is 8.30. The summed E-state index contributed by atoms with van der Waals surface area (Å²) in [5.74, 6) is -0.467. The lowest BCUT2D eigenvalue weighted by molar-refractivity contribution is -0.126. The predicted octanol–water partition coefficient (Wildman–Crippen LogP) is 0.464. The first-order valence-electron chi connectivity index (χ1n) is 8.00. The van der Waals surface area contributed by atoms with Crippen LogP contribution >= 0.6 is 12.4 Å². The highest BCUT2D eigenvalue weighted by Crippen LogP contribution is 2.30. The highest BCUT2D eigenvalue weighted by molar-refractivity contribution is 7.89. The monoisotopic (exact) mass is 402 g/mol. The summed E-state index contributed by atoms with van der Waals surface area (Å²) in [7, 11) is -2.47. The number of hydrogen-bond acceptors (Lipinski definition) is 6. The minimum Gasteiger partial charge on any atom is -0.495 e. The number of nitriles is 1. The molecule has 0 saturated carbocycles. The Morgan fingerprint density at radius 2 is 2.23 bits per heavy atom. The van der Waals surface area contributed by atoms with Gasteiger partial charge >= 0.3 is 0 Å². The molecule has 1 fully saturated rings. The zero-order valence-electron chi connectivity index (χ0n) is 14.5. The fraction of sp³-hybridized carbons (Fsp3) is 0.500. The second-order valence-electron chi connectivity index (χ2n) is 5.76. The highest BCUT2D eigenvalue weighted by Gasteiger charge is 2.34. The molecule has 8 nitrogen and oxygen atoms in total. The van der Waals surface area contributed by atoms with Crippen LogP contribution in [0.5, 0.6) is 5.75 Å². The van der Waals surface area contributed by atoms with Crippen LogP contribution in [0.2, 0.25) is 0 Å². The number of sulfonamides is 1. The zero-order valence-corrected chi connectivity index (χ0v) is 16.1. The quantitative estimate of drug-likeness (QED) is 0.712. The summed E-state index contributed by atoms with van der Waals surface area (Å²) in [5, 5.41) is 11.7. The molecule has 1 aliphatic rings. The maximum Gasteiger partial charge on any atom is 0.246 e. The number of amides is 1. The van der Waals surface area contributed by atoms with E-state index in [1.165, 1.54) is 29.6 Å². The first-order valence-corrected chi connectivity index (χ1v) is 9.44. The van der Waals surface area contributed by atoms with Gasteiger partial charge in [0.05, 0.1) is 24.7 Å². The van der Waals surface area contributed by atoms with Crippen LogP contribution in [0.4, 0.5) is 0 Å². The van der Waals surface area contributed by atoms with E-state index in [4.69, 9.17) is 15.7 Å². The topological polar surface area (TPSA) is 126 Å². The summed E-state index contributed by atoms with van der Waals surface area (Å²) in [5.41, 5.74) is 5.69. The Bertz CT molecular complexity index is 779. The number of rotatable bonds is 6. The van der Waals surface area contributed by atoms with E-state index in [-0.39, 0.29) is 35.5 Å².